The van der Waals surface area contributed by atoms with Crippen molar-refractivity contribution >= 4 is 0 Å². The van der Waals surface area contributed by atoms with Crippen molar-refractivity contribution in [3.05, 3.63) is 53.6 Å². The molecule has 6 heteroatoms. The zero-order valence-corrected chi connectivity index (χ0v) is 17.7. The van der Waals surface area contributed by atoms with Gasteiger partial charge in [-0.25, -0.2) is 0 Å². The monoisotopic (exact) mass is 413 g/mol. The summed E-state index contributed by atoms with van der Waals surface area (Å²) in [7, 11) is 1.63. The lowest BCUT2D eigenvalue weighted by atomic mass is 9.81. The molecule has 0 aliphatic carbocycles. The van der Waals surface area contributed by atoms with Gasteiger partial charge in [0.25, 0.3) is 0 Å². The fraction of sp³-hybridized carbons (Fsp3) is 0.500. The van der Waals surface area contributed by atoms with Crippen LogP contribution in [0.2, 0.25) is 0 Å². The highest BCUT2D eigenvalue weighted by Crippen LogP contribution is 2.45. The van der Waals surface area contributed by atoms with E-state index in [1.165, 1.54) is 0 Å². The van der Waals surface area contributed by atoms with Crippen LogP contribution in [-0.2, 0) is 0 Å². The zero-order valence-electron chi connectivity index (χ0n) is 17.7. The molecule has 2 heterocycles. The second-order valence-corrected chi connectivity index (χ2v) is 8.23. The highest BCUT2D eigenvalue weighted by atomic mass is 16.5. The molecule has 2 N–H and O–H groups in total. The van der Waals surface area contributed by atoms with Crippen molar-refractivity contribution in [2.75, 3.05) is 33.4 Å². The molecule has 1 spiro atoms. The van der Waals surface area contributed by atoms with Gasteiger partial charge in [0.05, 0.1) is 25.9 Å². The third-order valence-electron chi connectivity index (χ3n) is 6.25. The number of rotatable bonds is 6. The van der Waals surface area contributed by atoms with Crippen molar-refractivity contribution < 1.29 is 24.4 Å². The molecular formula is C24H31NO5. The molecule has 1 saturated heterocycles. The Morgan fingerprint density at radius 3 is 2.50 bits per heavy atom. The van der Waals surface area contributed by atoms with Crippen LogP contribution in [0.25, 0.3) is 0 Å². The topological polar surface area (TPSA) is 71.4 Å². The molecule has 0 aromatic heterocycles. The molecule has 162 valence electrons. The van der Waals surface area contributed by atoms with Crippen LogP contribution in [0.3, 0.4) is 0 Å². The summed E-state index contributed by atoms with van der Waals surface area (Å²) >= 11 is 0. The van der Waals surface area contributed by atoms with E-state index in [2.05, 4.69) is 4.90 Å². The molecule has 2 atom stereocenters. The second-order valence-electron chi connectivity index (χ2n) is 8.23. The molecule has 2 aliphatic heterocycles. The van der Waals surface area contributed by atoms with E-state index >= 15 is 0 Å². The molecule has 0 amide bonds. The molecule has 30 heavy (non-hydrogen) atoms. The lowest BCUT2D eigenvalue weighted by molar-refractivity contribution is -0.0588. The van der Waals surface area contributed by atoms with E-state index in [0.29, 0.717) is 19.6 Å². The lowest BCUT2D eigenvalue weighted by Crippen LogP contribution is -2.51. The van der Waals surface area contributed by atoms with Gasteiger partial charge in [0.1, 0.15) is 22.8 Å². The normalized spacial score (nSPS) is 21.5. The van der Waals surface area contributed by atoms with Crippen LogP contribution in [-0.4, -0.2) is 54.1 Å². The summed E-state index contributed by atoms with van der Waals surface area (Å²) in [5.74, 6) is 2.27. The number of hydrogen-bond donors (Lipinski definition) is 2. The van der Waals surface area contributed by atoms with Gasteiger partial charge in [-0.2, -0.15) is 0 Å². The van der Waals surface area contributed by atoms with Crippen molar-refractivity contribution in [3.63, 3.8) is 0 Å². The predicted molar refractivity (Wildman–Crippen MR) is 114 cm³/mol. The number of piperidine rings is 1. The van der Waals surface area contributed by atoms with Gasteiger partial charge in [0.2, 0.25) is 0 Å². The third-order valence-corrected chi connectivity index (χ3v) is 6.25. The standard InChI is InChI=1S/C24H31NO5/c1-3-29-18-6-4-17(5-7-18)22(27)16-25-12-10-24(11-13-25)15-21(26)20-9-8-19(28-2)14-23(20)30-24/h4-9,14,21-22,26-27H,3,10-13,15-16H2,1-2H3/t21-,22+/m1/s1. The minimum atomic E-state index is -0.544. The minimum absolute atomic E-state index is 0.362. The maximum Gasteiger partial charge on any atom is 0.129 e. The zero-order chi connectivity index (χ0) is 21.1. The summed E-state index contributed by atoms with van der Waals surface area (Å²) in [4.78, 5) is 2.27. The number of aliphatic hydroxyl groups is 2. The fourth-order valence-electron chi connectivity index (χ4n) is 4.49. The number of nitrogens with zero attached hydrogens (tertiary/aromatic N) is 1. The Balaban J connectivity index is 1.36. The first-order valence-corrected chi connectivity index (χ1v) is 10.7. The molecule has 2 aromatic carbocycles. The van der Waals surface area contributed by atoms with Gasteiger partial charge < -0.3 is 29.3 Å². The number of β-amino-alcohol motifs (C(OH)–C–C–N with tert-alkyl or cyclic N) is 1. The number of hydrogen-bond acceptors (Lipinski definition) is 6. The number of likely N-dealkylation sites (tertiary alicyclic amines) is 1. The van der Waals surface area contributed by atoms with E-state index < -0.39 is 12.2 Å². The molecule has 0 saturated carbocycles. The molecule has 0 unspecified atom stereocenters. The van der Waals surface area contributed by atoms with Crippen LogP contribution in [0.1, 0.15) is 49.5 Å². The number of fused-ring (bicyclic) bond motifs is 1. The highest BCUT2D eigenvalue weighted by Gasteiger charge is 2.43. The van der Waals surface area contributed by atoms with Crippen LogP contribution < -0.4 is 14.2 Å². The summed E-state index contributed by atoms with van der Waals surface area (Å²) in [5, 5.41) is 21.3. The van der Waals surface area contributed by atoms with Crippen molar-refractivity contribution in [1.82, 2.24) is 4.90 Å². The predicted octanol–water partition coefficient (Wildman–Crippen LogP) is 3.48. The van der Waals surface area contributed by atoms with Crippen molar-refractivity contribution in [2.24, 2.45) is 0 Å². The van der Waals surface area contributed by atoms with Gasteiger partial charge in [-0.3, -0.25) is 0 Å². The number of methoxy groups -OCH3 is 1. The van der Waals surface area contributed by atoms with Gasteiger partial charge >= 0.3 is 0 Å². The lowest BCUT2D eigenvalue weighted by Gasteiger charge is -2.46. The molecule has 2 aliphatic rings. The largest absolute Gasteiger partial charge is 0.497 e. The van der Waals surface area contributed by atoms with E-state index in [1.54, 1.807) is 7.11 Å². The van der Waals surface area contributed by atoms with Crippen LogP contribution in [0.15, 0.2) is 42.5 Å². The van der Waals surface area contributed by atoms with Crippen molar-refractivity contribution in [2.45, 2.75) is 44.0 Å². The third kappa shape index (κ3) is 4.41. The van der Waals surface area contributed by atoms with Crippen molar-refractivity contribution in [1.29, 1.82) is 0 Å². The molecule has 0 bridgehead atoms. The first kappa shape index (κ1) is 21.0. The quantitative estimate of drug-likeness (QED) is 0.756. The Labute approximate surface area is 178 Å². The maximum atomic E-state index is 10.7. The first-order chi connectivity index (χ1) is 14.5. The first-order valence-electron chi connectivity index (χ1n) is 10.7. The second kappa shape index (κ2) is 8.84. The summed E-state index contributed by atoms with van der Waals surface area (Å²) in [5.41, 5.74) is 1.36. The number of ether oxygens (including phenoxy) is 3. The van der Waals surface area contributed by atoms with Gasteiger partial charge in [0.15, 0.2) is 0 Å². The smallest absolute Gasteiger partial charge is 0.129 e. The summed E-state index contributed by atoms with van der Waals surface area (Å²) in [6.45, 7) is 4.80. The summed E-state index contributed by atoms with van der Waals surface area (Å²) < 4.78 is 17.2. The average molecular weight is 414 g/mol. The Bertz CT molecular complexity index is 845. The van der Waals surface area contributed by atoms with Crippen LogP contribution in [0.5, 0.6) is 17.2 Å². The van der Waals surface area contributed by atoms with Gasteiger partial charge in [-0.15, -0.1) is 0 Å². The van der Waals surface area contributed by atoms with Gasteiger partial charge in [-0.05, 0) is 49.6 Å². The Hall–Kier alpha value is -2.28. The summed E-state index contributed by atoms with van der Waals surface area (Å²) in [6, 6.07) is 13.2. The number of aliphatic hydroxyl groups excluding tert-OH is 2. The SMILES string of the molecule is CCOc1ccc([C@@H](O)CN2CCC3(CC2)C[C@@H](O)c2ccc(OC)cc2O3)cc1. The maximum absolute atomic E-state index is 10.7. The molecule has 4 rings (SSSR count). The van der Waals surface area contributed by atoms with Gasteiger partial charge in [-0.1, -0.05) is 12.1 Å². The highest BCUT2D eigenvalue weighted by molar-refractivity contribution is 5.44. The van der Waals surface area contributed by atoms with E-state index in [1.807, 2.05) is 49.4 Å². The molecule has 0 radical (unpaired) electrons. The summed E-state index contributed by atoms with van der Waals surface area (Å²) in [6.07, 6.45) is 1.16. The van der Waals surface area contributed by atoms with E-state index in [0.717, 1.165) is 54.3 Å². The Kier molecular flexibility index (Phi) is 6.18. The van der Waals surface area contributed by atoms with Crippen LogP contribution in [0, 0.1) is 0 Å². The average Bonchev–Trinajstić information content (AvgIpc) is 2.76. The van der Waals surface area contributed by atoms with E-state index in [-0.39, 0.29) is 5.60 Å². The molecular weight excluding hydrogens is 382 g/mol. The van der Waals surface area contributed by atoms with Crippen LogP contribution in [0.4, 0.5) is 0 Å². The molecule has 6 nitrogen and oxygen atoms in total. The molecule has 2 aromatic rings. The van der Waals surface area contributed by atoms with Gasteiger partial charge in [0, 0.05) is 37.7 Å². The fourth-order valence-corrected chi connectivity index (χ4v) is 4.49. The van der Waals surface area contributed by atoms with E-state index in [9.17, 15) is 10.2 Å². The Morgan fingerprint density at radius 2 is 1.83 bits per heavy atom. The number of benzene rings is 2. The van der Waals surface area contributed by atoms with Crippen LogP contribution >= 0.6 is 0 Å². The minimum Gasteiger partial charge on any atom is -0.497 e. The molecule has 1 fully saturated rings. The Morgan fingerprint density at radius 1 is 1.13 bits per heavy atom. The van der Waals surface area contributed by atoms with E-state index in [4.69, 9.17) is 14.2 Å². The van der Waals surface area contributed by atoms with Crippen molar-refractivity contribution in [3.8, 4) is 17.2 Å².